The first-order valence-electron chi connectivity index (χ1n) is 11.2. The largest absolute Gasteiger partial charge is 0.462 e. The number of ether oxygens (including phenoxy) is 2. The quantitative estimate of drug-likeness (QED) is 0.695. The smallest absolute Gasteiger partial charge is 0.309 e. The first-order chi connectivity index (χ1) is 13.0. The lowest BCUT2D eigenvalue weighted by molar-refractivity contribution is -0.148. The van der Waals surface area contributed by atoms with Crippen molar-refractivity contribution in [2.24, 2.45) is 35.5 Å². The van der Waals surface area contributed by atoms with Gasteiger partial charge in [0.15, 0.2) is 0 Å². The van der Waals surface area contributed by atoms with E-state index in [4.69, 9.17) is 9.47 Å². The van der Waals surface area contributed by atoms with Crippen LogP contribution in [-0.4, -0.2) is 47.7 Å². The maximum atomic E-state index is 12.5. The van der Waals surface area contributed by atoms with Gasteiger partial charge in [-0.2, -0.15) is 0 Å². The summed E-state index contributed by atoms with van der Waals surface area (Å²) < 4.78 is 11.8. The van der Waals surface area contributed by atoms with Crippen molar-refractivity contribution in [2.45, 2.75) is 83.6 Å². The topological polar surface area (TPSA) is 55.8 Å². The molecule has 5 rings (SSSR count). The molecule has 5 heteroatoms. The molecule has 27 heavy (non-hydrogen) atoms. The molecule has 0 N–H and O–H groups in total. The molecule has 5 aliphatic rings. The summed E-state index contributed by atoms with van der Waals surface area (Å²) in [7, 11) is 0. The van der Waals surface area contributed by atoms with Crippen LogP contribution in [-0.2, 0) is 19.1 Å². The standard InChI is InChI=1S/C22H33NO4/c1-4-13-14-7-5-6-8-23-16(17-9-11(2)21(24)26-17)10-15(19(14)23)18-12(3)22(25)27-20(13)18/h11-20H,4-10H2,1-3H3/t11-,12-,13+,14+,15+,16-,17-,18+,19?,20-/m0/s1. The number of nitrogens with zero attached hydrogens (tertiary/aromatic N) is 1. The van der Waals surface area contributed by atoms with Crippen LogP contribution in [0.5, 0.6) is 0 Å². The maximum absolute atomic E-state index is 12.5. The van der Waals surface area contributed by atoms with Crippen molar-refractivity contribution in [3.8, 4) is 0 Å². The number of esters is 2. The van der Waals surface area contributed by atoms with Crippen LogP contribution in [0.1, 0.15) is 59.3 Å². The molecule has 150 valence electrons. The second-order valence-corrected chi connectivity index (χ2v) is 9.81. The van der Waals surface area contributed by atoms with Crippen molar-refractivity contribution >= 4 is 11.9 Å². The van der Waals surface area contributed by atoms with E-state index in [9.17, 15) is 9.59 Å². The zero-order valence-corrected chi connectivity index (χ0v) is 16.8. The number of carbonyl (C=O) groups excluding carboxylic acids is 2. The first kappa shape index (κ1) is 18.0. The molecule has 4 heterocycles. The van der Waals surface area contributed by atoms with Gasteiger partial charge in [-0.05, 0) is 50.5 Å². The van der Waals surface area contributed by atoms with E-state index in [0.717, 1.165) is 25.8 Å². The van der Waals surface area contributed by atoms with E-state index in [0.29, 0.717) is 35.8 Å². The highest BCUT2D eigenvalue weighted by atomic mass is 16.6. The van der Waals surface area contributed by atoms with Gasteiger partial charge < -0.3 is 9.47 Å². The third-order valence-electron chi connectivity index (χ3n) is 8.61. The molecule has 0 radical (unpaired) electrons. The Morgan fingerprint density at radius 3 is 2.56 bits per heavy atom. The van der Waals surface area contributed by atoms with Gasteiger partial charge in [0.2, 0.25) is 0 Å². The van der Waals surface area contributed by atoms with Crippen molar-refractivity contribution in [3.63, 3.8) is 0 Å². The molecule has 0 amide bonds. The van der Waals surface area contributed by atoms with Gasteiger partial charge in [-0.25, -0.2) is 0 Å². The van der Waals surface area contributed by atoms with E-state index in [1.165, 1.54) is 19.3 Å². The lowest BCUT2D eigenvalue weighted by atomic mass is 9.60. The zero-order valence-electron chi connectivity index (χ0n) is 16.8. The molecular formula is C22H33NO4. The lowest BCUT2D eigenvalue weighted by Crippen LogP contribution is -2.54. The van der Waals surface area contributed by atoms with Crippen LogP contribution in [0.4, 0.5) is 0 Å². The summed E-state index contributed by atoms with van der Waals surface area (Å²) in [5, 5.41) is 0. The Hall–Kier alpha value is -1.10. The van der Waals surface area contributed by atoms with Gasteiger partial charge in [-0.1, -0.05) is 27.2 Å². The van der Waals surface area contributed by atoms with E-state index in [1.807, 2.05) is 6.92 Å². The van der Waals surface area contributed by atoms with Crippen LogP contribution in [0, 0.1) is 35.5 Å². The van der Waals surface area contributed by atoms with Crippen molar-refractivity contribution in [2.75, 3.05) is 6.54 Å². The highest BCUT2D eigenvalue weighted by molar-refractivity contribution is 5.75. The average Bonchev–Trinajstić information content (AvgIpc) is 3.20. The molecule has 4 aliphatic heterocycles. The number of rotatable bonds is 2. The summed E-state index contributed by atoms with van der Waals surface area (Å²) in [6.07, 6.45) is 6.87. The normalized spacial score (nSPS) is 52.1. The molecule has 0 aromatic rings. The Morgan fingerprint density at radius 1 is 1.04 bits per heavy atom. The highest BCUT2D eigenvalue weighted by Crippen LogP contribution is 2.57. The molecule has 0 bridgehead atoms. The minimum Gasteiger partial charge on any atom is -0.462 e. The molecule has 5 fully saturated rings. The molecule has 1 unspecified atom stereocenters. The summed E-state index contributed by atoms with van der Waals surface area (Å²) in [4.78, 5) is 27.3. The van der Waals surface area contributed by atoms with E-state index < -0.39 is 0 Å². The fraction of sp³-hybridized carbons (Fsp3) is 0.909. The predicted molar refractivity (Wildman–Crippen MR) is 99.7 cm³/mol. The third kappa shape index (κ3) is 2.53. The van der Waals surface area contributed by atoms with Gasteiger partial charge in [0, 0.05) is 23.9 Å². The van der Waals surface area contributed by atoms with Crippen LogP contribution in [0.15, 0.2) is 0 Å². The second-order valence-electron chi connectivity index (χ2n) is 9.81. The summed E-state index contributed by atoms with van der Waals surface area (Å²) in [5.74, 6) is 1.94. The third-order valence-corrected chi connectivity index (χ3v) is 8.61. The van der Waals surface area contributed by atoms with Gasteiger partial charge >= 0.3 is 11.9 Å². The van der Waals surface area contributed by atoms with Crippen LogP contribution >= 0.6 is 0 Å². The number of hydrogen-bond acceptors (Lipinski definition) is 5. The Balaban J connectivity index is 1.51. The predicted octanol–water partition coefficient (Wildman–Crippen LogP) is 3.01. The van der Waals surface area contributed by atoms with E-state index in [1.54, 1.807) is 0 Å². The van der Waals surface area contributed by atoms with Crippen LogP contribution in [0.3, 0.4) is 0 Å². The maximum Gasteiger partial charge on any atom is 0.309 e. The Bertz CT molecular complexity index is 636. The monoisotopic (exact) mass is 375 g/mol. The van der Waals surface area contributed by atoms with Crippen molar-refractivity contribution in [1.29, 1.82) is 0 Å². The van der Waals surface area contributed by atoms with Crippen molar-refractivity contribution < 1.29 is 19.1 Å². The summed E-state index contributed by atoms with van der Waals surface area (Å²) in [6.45, 7) is 7.44. The molecule has 1 aliphatic carbocycles. The van der Waals surface area contributed by atoms with E-state index in [-0.39, 0.29) is 36.0 Å². The van der Waals surface area contributed by atoms with Gasteiger partial charge in [0.05, 0.1) is 11.8 Å². The fourth-order valence-electron chi connectivity index (χ4n) is 7.48. The number of hydrogen-bond donors (Lipinski definition) is 0. The lowest BCUT2D eigenvalue weighted by Gasteiger charge is -2.48. The van der Waals surface area contributed by atoms with E-state index >= 15 is 0 Å². The van der Waals surface area contributed by atoms with Gasteiger partial charge in [-0.3, -0.25) is 14.5 Å². The van der Waals surface area contributed by atoms with Crippen molar-refractivity contribution in [1.82, 2.24) is 4.90 Å². The Labute approximate surface area is 162 Å². The second kappa shape index (κ2) is 6.47. The number of fused-ring (bicyclic) bond motifs is 2. The molecule has 5 nitrogen and oxygen atoms in total. The number of carbonyl (C=O) groups is 2. The molecule has 1 saturated carbocycles. The molecule has 0 aromatic carbocycles. The molecule has 0 aromatic heterocycles. The van der Waals surface area contributed by atoms with E-state index in [2.05, 4.69) is 18.7 Å². The van der Waals surface area contributed by atoms with Crippen LogP contribution < -0.4 is 0 Å². The van der Waals surface area contributed by atoms with Gasteiger partial charge in [-0.15, -0.1) is 0 Å². The van der Waals surface area contributed by atoms with Crippen molar-refractivity contribution in [3.05, 3.63) is 0 Å². The minimum atomic E-state index is -0.0294. The van der Waals surface area contributed by atoms with Crippen LogP contribution in [0.25, 0.3) is 0 Å². The molecular weight excluding hydrogens is 342 g/mol. The SMILES string of the molecule is CC[C@H]1[C@@H]2OC(=O)[C@@H](C)[C@@H]2[C@H]2C[C@@H]([C@@H]3C[C@H](C)C(=O)O3)N3CCCC[C@H]1C23. The number of cyclic esters (lactones) is 1. The first-order valence-corrected chi connectivity index (χ1v) is 11.2. The molecule has 4 saturated heterocycles. The average molecular weight is 376 g/mol. The Kier molecular flexibility index (Phi) is 4.30. The summed E-state index contributed by atoms with van der Waals surface area (Å²) >= 11 is 0. The van der Waals surface area contributed by atoms with Crippen LogP contribution in [0.2, 0.25) is 0 Å². The zero-order chi connectivity index (χ0) is 18.9. The van der Waals surface area contributed by atoms with Gasteiger partial charge in [0.25, 0.3) is 0 Å². The summed E-state index contributed by atoms with van der Waals surface area (Å²) in [6, 6.07) is 0.865. The highest BCUT2D eigenvalue weighted by Gasteiger charge is 2.63. The fourth-order valence-corrected chi connectivity index (χ4v) is 7.48. The Morgan fingerprint density at radius 2 is 1.85 bits per heavy atom. The van der Waals surface area contributed by atoms with Gasteiger partial charge in [0.1, 0.15) is 12.2 Å². The molecule has 10 atom stereocenters. The minimum absolute atomic E-state index is 0.00362. The molecule has 0 spiro atoms. The summed E-state index contributed by atoms with van der Waals surface area (Å²) in [5.41, 5.74) is 0.